The quantitative estimate of drug-likeness (QED) is 0.786. The Morgan fingerprint density at radius 3 is 3.26 bits per heavy atom. The maximum absolute atomic E-state index is 11.7. The second-order valence-electron chi connectivity index (χ2n) is 4.06. The summed E-state index contributed by atoms with van der Waals surface area (Å²) in [5.74, 6) is 0.881. The maximum atomic E-state index is 11.7. The van der Waals surface area contributed by atoms with Crippen LogP contribution >= 0.6 is 11.3 Å². The van der Waals surface area contributed by atoms with Crippen LogP contribution in [0.5, 0.6) is 0 Å². The first-order chi connectivity index (χ1) is 9.24. The van der Waals surface area contributed by atoms with Gasteiger partial charge in [-0.15, -0.1) is 11.3 Å². The number of aromatic nitrogens is 3. The van der Waals surface area contributed by atoms with Crippen LogP contribution in [0.2, 0.25) is 0 Å². The SMILES string of the molecule is Cc1nc2scc(CCNC(=O)c3ccco3)n2n1. The number of rotatable bonds is 4. The fourth-order valence-electron chi connectivity index (χ4n) is 1.79. The van der Waals surface area contributed by atoms with Crippen molar-refractivity contribution >= 4 is 22.2 Å². The monoisotopic (exact) mass is 276 g/mol. The summed E-state index contributed by atoms with van der Waals surface area (Å²) in [5.41, 5.74) is 1.04. The number of thiazole rings is 1. The normalized spacial score (nSPS) is 11.0. The molecule has 0 saturated carbocycles. The lowest BCUT2D eigenvalue weighted by Gasteiger charge is -2.01. The largest absolute Gasteiger partial charge is 0.459 e. The van der Waals surface area contributed by atoms with Crippen LogP contribution in [0.3, 0.4) is 0 Å². The van der Waals surface area contributed by atoms with Crippen molar-refractivity contribution in [1.82, 2.24) is 19.9 Å². The van der Waals surface area contributed by atoms with Crippen molar-refractivity contribution in [2.75, 3.05) is 6.54 Å². The van der Waals surface area contributed by atoms with E-state index in [0.717, 1.165) is 16.5 Å². The van der Waals surface area contributed by atoms with Crippen molar-refractivity contribution in [3.8, 4) is 0 Å². The molecule has 7 heteroatoms. The molecule has 0 aromatic carbocycles. The molecule has 3 aromatic heterocycles. The van der Waals surface area contributed by atoms with Gasteiger partial charge in [-0.1, -0.05) is 0 Å². The summed E-state index contributed by atoms with van der Waals surface area (Å²) in [7, 11) is 0. The van der Waals surface area contributed by atoms with E-state index in [1.165, 1.54) is 6.26 Å². The molecule has 98 valence electrons. The summed E-state index contributed by atoms with van der Waals surface area (Å²) in [4.78, 5) is 16.8. The van der Waals surface area contributed by atoms with Crippen LogP contribution < -0.4 is 5.32 Å². The molecule has 0 fully saturated rings. The molecular formula is C12H12N4O2S. The molecule has 3 aromatic rings. The number of furan rings is 1. The van der Waals surface area contributed by atoms with E-state index in [1.54, 1.807) is 23.5 Å². The van der Waals surface area contributed by atoms with Gasteiger partial charge in [0, 0.05) is 18.3 Å². The Morgan fingerprint density at radius 1 is 1.58 bits per heavy atom. The zero-order valence-electron chi connectivity index (χ0n) is 10.3. The molecule has 0 atom stereocenters. The van der Waals surface area contributed by atoms with Gasteiger partial charge in [-0.05, 0) is 19.1 Å². The highest BCUT2D eigenvalue weighted by atomic mass is 32.1. The minimum Gasteiger partial charge on any atom is -0.459 e. The van der Waals surface area contributed by atoms with Gasteiger partial charge in [-0.2, -0.15) is 5.10 Å². The van der Waals surface area contributed by atoms with E-state index in [-0.39, 0.29) is 5.91 Å². The highest BCUT2D eigenvalue weighted by Gasteiger charge is 2.10. The number of fused-ring (bicyclic) bond motifs is 1. The fraction of sp³-hybridized carbons (Fsp3) is 0.250. The first-order valence-corrected chi connectivity index (χ1v) is 6.73. The Morgan fingerprint density at radius 2 is 2.47 bits per heavy atom. The Balaban J connectivity index is 1.62. The van der Waals surface area contributed by atoms with Gasteiger partial charge in [0.25, 0.3) is 5.91 Å². The Labute approximate surface area is 113 Å². The molecule has 19 heavy (non-hydrogen) atoms. The first-order valence-electron chi connectivity index (χ1n) is 5.85. The van der Waals surface area contributed by atoms with Crippen LogP contribution in [0, 0.1) is 6.92 Å². The van der Waals surface area contributed by atoms with Gasteiger partial charge in [0.2, 0.25) is 4.96 Å². The summed E-state index contributed by atoms with van der Waals surface area (Å²) in [6.45, 7) is 2.40. The van der Waals surface area contributed by atoms with E-state index >= 15 is 0 Å². The number of nitrogens with one attached hydrogen (secondary N) is 1. The second kappa shape index (κ2) is 4.85. The predicted molar refractivity (Wildman–Crippen MR) is 70.3 cm³/mol. The topological polar surface area (TPSA) is 72.4 Å². The van der Waals surface area contributed by atoms with E-state index in [0.29, 0.717) is 18.7 Å². The smallest absolute Gasteiger partial charge is 0.286 e. The highest BCUT2D eigenvalue weighted by molar-refractivity contribution is 7.15. The third kappa shape index (κ3) is 2.37. The number of amides is 1. The predicted octanol–water partition coefficient (Wildman–Crippen LogP) is 1.66. The Kier molecular flexibility index (Phi) is 3.04. The highest BCUT2D eigenvalue weighted by Crippen LogP contribution is 2.14. The van der Waals surface area contributed by atoms with Gasteiger partial charge in [0.15, 0.2) is 5.76 Å². The van der Waals surface area contributed by atoms with Crippen molar-refractivity contribution in [2.45, 2.75) is 13.3 Å². The Hall–Kier alpha value is -2.15. The van der Waals surface area contributed by atoms with E-state index < -0.39 is 0 Å². The van der Waals surface area contributed by atoms with Crippen molar-refractivity contribution < 1.29 is 9.21 Å². The van der Waals surface area contributed by atoms with Crippen molar-refractivity contribution in [1.29, 1.82) is 0 Å². The average molecular weight is 276 g/mol. The third-order valence-corrected chi connectivity index (χ3v) is 3.53. The number of hydrogen-bond acceptors (Lipinski definition) is 5. The molecular weight excluding hydrogens is 264 g/mol. The molecule has 3 heterocycles. The fourth-order valence-corrected chi connectivity index (χ4v) is 2.70. The molecule has 0 saturated heterocycles. The van der Waals surface area contributed by atoms with Crippen molar-refractivity contribution in [3.05, 3.63) is 41.1 Å². The van der Waals surface area contributed by atoms with E-state index in [9.17, 15) is 4.79 Å². The molecule has 0 aliphatic heterocycles. The molecule has 0 aliphatic carbocycles. The number of carbonyl (C=O) groups excluding carboxylic acids is 1. The molecule has 0 spiro atoms. The second-order valence-corrected chi connectivity index (χ2v) is 4.90. The molecule has 6 nitrogen and oxygen atoms in total. The van der Waals surface area contributed by atoms with Gasteiger partial charge in [0.05, 0.1) is 12.0 Å². The summed E-state index contributed by atoms with van der Waals surface area (Å²) in [6, 6.07) is 3.33. The van der Waals surface area contributed by atoms with Gasteiger partial charge in [-0.3, -0.25) is 4.79 Å². The van der Waals surface area contributed by atoms with Gasteiger partial charge >= 0.3 is 0 Å². The van der Waals surface area contributed by atoms with Crippen LogP contribution in [0.25, 0.3) is 4.96 Å². The zero-order valence-corrected chi connectivity index (χ0v) is 11.1. The van der Waals surface area contributed by atoms with E-state index in [2.05, 4.69) is 15.4 Å². The van der Waals surface area contributed by atoms with Crippen LogP contribution in [-0.4, -0.2) is 27.0 Å². The van der Waals surface area contributed by atoms with Crippen LogP contribution in [-0.2, 0) is 6.42 Å². The lowest BCUT2D eigenvalue weighted by molar-refractivity contribution is 0.0926. The van der Waals surface area contributed by atoms with Gasteiger partial charge in [-0.25, -0.2) is 9.50 Å². The molecule has 1 N–H and O–H groups in total. The third-order valence-electron chi connectivity index (χ3n) is 2.67. The molecule has 0 radical (unpaired) electrons. The molecule has 3 rings (SSSR count). The number of aryl methyl sites for hydroxylation is 1. The van der Waals surface area contributed by atoms with Gasteiger partial charge < -0.3 is 9.73 Å². The summed E-state index contributed by atoms with van der Waals surface area (Å²) in [5, 5.41) is 9.12. The molecule has 1 amide bonds. The van der Waals surface area contributed by atoms with Crippen LogP contribution in [0.1, 0.15) is 22.1 Å². The van der Waals surface area contributed by atoms with Crippen molar-refractivity contribution in [2.24, 2.45) is 0 Å². The lowest BCUT2D eigenvalue weighted by Crippen LogP contribution is -2.25. The maximum Gasteiger partial charge on any atom is 0.286 e. The first kappa shape index (κ1) is 11.9. The van der Waals surface area contributed by atoms with Crippen LogP contribution in [0.15, 0.2) is 28.2 Å². The van der Waals surface area contributed by atoms with Crippen molar-refractivity contribution in [3.63, 3.8) is 0 Å². The summed E-state index contributed by atoms with van der Waals surface area (Å²) < 4.78 is 6.84. The molecule has 0 bridgehead atoms. The number of carbonyl (C=O) groups is 1. The van der Waals surface area contributed by atoms with Gasteiger partial charge in [0.1, 0.15) is 5.82 Å². The van der Waals surface area contributed by atoms with E-state index in [1.807, 2.05) is 16.8 Å². The summed E-state index contributed by atoms with van der Waals surface area (Å²) in [6.07, 6.45) is 2.19. The Bertz CT molecular complexity index is 699. The molecule has 0 unspecified atom stereocenters. The van der Waals surface area contributed by atoms with Crippen LogP contribution in [0.4, 0.5) is 0 Å². The number of hydrogen-bond donors (Lipinski definition) is 1. The average Bonchev–Trinajstić information content (AvgIpc) is 3.06. The lowest BCUT2D eigenvalue weighted by atomic mass is 10.3. The summed E-state index contributed by atoms with van der Waals surface area (Å²) >= 11 is 1.55. The zero-order chi connectivity index (χ0) is 13.2. The number of nitrogens with zero attached hydrogens (tertiary/aromatic N) is 3. The van der Waals surface area contributed by atoms with E-state index in [4.69, 9.17) is 4.42 Å². The minimum atomic E-state index is -0.203. The standard InChI is InChI=1S/C12H12N4O2S/c1-8-14-12-16(15-8)9(7-19-12)4-5-13-11(17)10-3-2-6-18-10/h2-3,6-7H,4-5H2,1H3,(H,13,17). The molecule has 0 aliphatic rings. The minimum absolute atomic E-state index is 0.203.